The van der Waals surface area contributed by atoms with E-state index in [0.717, 1.165) is 22.1 Å². The van der Waals surface area contributed by atoms with Crippen LogP contribution in [0.1, 0.15) is 42.1 Å². The second-order valence-electron chi connectivity index (χ2n) is 4.98. The van der Waals surface area contributed by atoms with Crippen LogP contribution in [0.25, 0.3) is 20.7 Å². The molecule has 9 nitrogen and oxygen atoms in total. The molecule has 11 heteroatoms. The van der Waals surface area contributed by atoms with Crippen molar-refractivity contribution in [2.75, 3.05) is 19.8 Å². The van der Waals surface area contributed by atoms with Crippen LogP contribution in [0, 0.1) is 0 Å². The summed E-state index contributed by atoms with van der Waals surface area (Å²) in [6.45, 7) is 3.99. The van der Waals surface area contributed by atoms with E-state index >= 15 is 0 Å². The maximum atomic E-state index is 11.3. The molecule has 3 rings (SSSR count). The van der Waals surface area contributed by atoms with E-state index in [9.17, 15) is 14.4 Å². The molecule has 3 aromatic heterocycles. The third-order valence-corrected chi connectivity index (χ3v) is 4.53. The molecule has 0 unspecified atom stereocenters. The molecule has 0 fully saturated rings. The number of nitrogens with zero attached hydrogens (tertiary/aromatic N) is 3. The average molecular weight is 453 g/mol. The van der Waals surface area contributed by atoms with Crippen LogP contribution >= 0.6 is 22.7 Å². The van der Waals surface area contributed by atoms with Gasteiger partial charge < -0.3 is 14.5 Å². The molecular formula is C19H24N4O5S2. The number of rotatable bonds is 6. The molecule has 3 heterocycles. The minimum absolute atomic E-state index is 0. The molecule has 0 saturated carbocycles. The van der Waals surface area contributed by atoms with Crippen molar-refractivity contribution in [1.82, 2.24) is 4.98 Å². The second kappa shape index (κ2) is 15.7. The molecule has 0 aromatic carbocycles. The largest absolute Gasteiger partial charge is 0.466 e. The molecule has 0 saturated heterocycles. The zero-order valence-corrected chi connectivity index (χ0v) is 17.5. The van der Waals surface area contributed by atoms with E-state index in [0.29, 0.717) is 18.9 Å². The van der Waals surface area contributed by atoms with Gasteiger partial charge in [0.15, 0.2) is 6.29 Å². The van der Waals surface area contributed by atoms with Crippen molar-refractivity contribution in [3.63, 3.8) is 0 Å². The van der Waals surface area contributed by atoms with Crippen molar-refractivity contribution in [2.45, 2.75) is 21.3 Å². The Labute approximate surface area is 182 Å². The summed E-state index contributed by atoms with van der Waals surface area (Å²) < 4.78 is 9.30. The first-order valence-corrected chi connectivity index (χ1v) is 10.2. The van der Waals surface area contributed by atoms with Crippen LogP contribution in [0.3, 0.4) is 0 Å². The summed E-state index contributed by atoms with van der Waals surface area (Å²) in [5.41, 5.74) is 9.03. The van der Waals surface area contributed by atoms with Gasteiger partial charge in [-0.25, -0.2) is 4.79 Å². The number of hydrogen-bond donors (Lipinski definition) is 1. The topological polar surface area (TPSA) is 134 Å². The van der Waals surface area contributed by atoms with Gasteiger partial charge in [-0.05, 0) is 48.3 Å². The third-order valence-electron chi connectivity index (χ3n) is 2.99. The van der Waals surface area contributed by atoms with Gasteiger partial charge in [0.05, 0.1) is 13.2 Å². The SMILES string of the molecule is C.CCOC(=O)CN=[N+]=[N-].CCOC(=O)c1cc2ccsc2[nH]1.O=Cc1ccsc1. The molecule has 0 bridgehead atoms. The molecule has 162 valence electrons. The van der Waals surface area contributed by atoms with E-state index in [1.54, 1.807) is 31.3 Å². The van der Waals surface area contributed by atoms with Crippen LogP contribution < -0.4 is 0 Å². The number of carbonyl (C=O) groups is 3. The lowest BCUT2D eigenvalue weighted by molar-refractivity contribution is -0.141. The molecule has 0 amide bonds. The van der Waals surface area contributed by atoms with Gasteiger partial charge in [-0.3, -0.25) is 9.59 Å². The Balaban J connectivity index is 0.000000438. The molecule has 0 aliphatic heterocycles. The number of thiophene rings is 2. The van der Waals surface area contributed by atoms with Crippen molar-refractivity contribution in [2.24, 2.45) is 5.11 Å². The highest BCUT2D eigenvalue weighted by Crippen LogP contribution is 2.21. The van der Waals surface area contributed by atoms with E-state index in [4.69, 9.17) is 10.3 Å². The Morgan fingerprint density at radius 3 is 2.47 bits per heavy atom. The number of aromatic amines is 1. The number of ether oxygens (including phenoxy) is 2. The first kappa shape index (κ1) is 26.9. The number of azide groups is 1. The van der Waals surface area contributed by atoms with E-state index in [-0.39, 0.29) is 19.9 Å². The first-order valence-electron chi connectivity index (χ1n) is 8.42. The quantitative estimate of drug-likeness (QED) is 0.174. The van der Waals surface area contributed by atoms with Crippen LogP contribution in [0.4, 0.5) is 0 Å². The highest BCUT2D eigenvalue weighted by Gasteiger charge is 2.10. The zero-order valence-electron chi connectivity index (χ0n) is 15.9. The number of nitrogens with one attached hydrogen (secondary N) is 1. The van der Waals surface area contributed by atoms with Crippen molar-refractivity contribution in [3.05, 3.63) is 56.0 Å². The van der Waals surface area contributed by atoms with Crippen molar-refractivity contribution in [1.29, 1.82) is 0 Å². The van der Waals surface area contributed by atoms with Crippen LogP contribution in [0.5, 0.6) is 0 Å². The monoisotopic (exact) mass is 452 g/mol. The molecule has 0 aliphatic carbocycles. The van der Waals surface area contributed by atoms with E-state index < -0.39 is 5.97 Å². The van der Waals surface area contributed by atoms with Crippen molar-refractivity contribution >= 4 is 51.1 Å². The highest BCUT2D eigenvalue weighted by molar-refractivity contribution is 7.16. The number of H-pyrrole nitrogens is 1. The smallest absolute Gasteiger partial charge is 0.354 e. The Morgan fingerprint density at radius 1 is 1.23 bits per heavy atom. The standard InChI is InChI=1S/C9H9NO2S.C5H4OS.C4H7N3O2.CH4/c1-2-12-9(11)7-5-6-3-4-13-8(6)10-7;6-3-5-1-2-7-4-5;1-2-9-4(8)3-6-7-5;/h3-5,10H,2H2,1H3;1-4H;2-3H2,1H3;1H4. The van der Waals surface area contributed by atoms with Gasteiger partial charge in [-0.15, -0.1) is 11.3 Å². The van der Waals surface area contributed by atoms with Gasteiger partial charge in [0, 0.05) is 21.2 Å². The van der Waals surface area contributed by atoms with Gasteiger partial charge >= 0.3 is 11.9 Å². The Kier molecular flexibility index (Phi) is 14.1. The summed E-state index contributed by atoms with van der Waals surface area (Å²) in [4.78, 5) is 37.9. The van der Waals surface area contributed by atoms with Gasteiger partial charge in [-0.2, -0.15) is 11.3 Å². The summed E-state index contributed by atoms with van der Waals surface area (Å²) in [5.74, 6) is -0.777. The molecule has 0 aliphatic rings. The lowest BCUT2D eigenvalue weighted by atomic mass is 10.4. The molecule has 0 spiro atoms. The Hall–Kier alpha value is -3.14. The van der Waals surface area contributed by atoms with E-state index in [2.05, 4.69) is 19.7 Å². The normalized spacial score (nSPS) is 8.87. The van der Waals surface area contributed by atoms with E-state index in [1.165, 1.54) is 11.3 Å². The van der Waals surface area contributed by atoms with Crippen molar-refractivity contribution < 1.29 is 23.9 Å². The molecule has 0 atom stereocenters. The first-order chi connectivity index (χ1) is 14.0. The number of carbonyl (C=O) groups excluding carboxylic acids is 3. The average Bonchev–Trinajstić information content (AvgIpc) is 3.44. The number of hydrogen-bond acceptors (Lipinski definition) is 8. The Morgan fingerprint density at radius 2 is 1.97 bits per heavy atom. The van der Waals surface area contributed by atoms with Crippen LogP contribution in [-0.4, -0.2) is 43.0 Å². The lowest BCUT2D eigenvalue weighted by Gasteiger charge is -1.96. The van der Waals surface area contributed by atoms with E-state index in [1.807, 2.05) is 28.3 Å². The van der Waals surface area contributed by atoms with Gasteiger partial charge in [0.1, 0.15) is 17.1 Å². The predicted molar refractivity (Wildman–Crippen MR) is 119 cm³/mol. The fraction of sp³-hybridized carbons (Fsp3) is 0.316. The predicted octanol–water partition coefficient (Wildman–Crippen LogP) is 5.46. The molecular weight excluding hydrogens is 428 g/mol. The molecule has 0 radical (unpaired) electrons. The summed E-state index contributed by atoms with van der Waals surface area (Å²) in [7, 11) is 0. The maximum absolute atomic E-state index is 11.3. The summed E-state index contributed by atoms with van der Waals surface area (Å²) in [5, 5.41) is 9.73. The number of fused-ring (bicyclic) bond motifs is 1. The number of aldehydes is 1. The third kappa shape index (κ3) is 9.87. The number of esters is 2. The summed E-state index contributed by atoms with van der Waals surface area (Å²) >= 11 is 3.11. The minimum Gasteiger partial charge on any atom is -0.466 e. The molecule has 30 heavy (non-hydrogen) atoms. The Bertz CT molecular complexity index is 915. The number of aromatic nitrogens is 1. The minimum atomic E-state index is -0.490. The van der Waals surface area contributed by atoms with Crippen molar-refractivity contribution in [3.8, 4) is 0 Å². The summed E-state index contributed by atoms with van der Waals surface area (Å²) in [6.07, 6.45) is 0.844. The van der Waals surface area contributed by atoms with Crippen LogP contribution in [0.2, 0.25) is 0 Å². The van der Waals surface area contributed by atoms with Gasteiger partial charge in [0.25, 0.3) is 0 Å². The zero-order chi connectivity index (χ0) is 21.5. The fourth-order valence-corrected chi connectivity index (χ4v) is 3.19. The maximum Gasteiger partial charge on any atom is 0.354 e. The fourth-order valence-electron chi connectivity index (χ4n) is 1.81. The molecule has 3 aromatic rings. The van der Waals surface area contributed by atoms with Crippen LogP contribution in [0.15, 0.2) is 39.5 Å². The highest BCUT2D eigenvalue weighted by atomic mass is 32.1. The lowest BCUT2D eigenvalue weighted by Crippen LogP contribution is -2.06. The second-order valence-corrected chi connectivity index (χ2v) is 6.67. The van der Waals surface area contributed by atoms with Gasteiger partial charge in [-0.1, -0.05) is 12.5 Å². The van der Waals surface area contributed by atoms with Gasteiger partial charge in [0.2, 0.25) is 0 Å². The summed E-state index contributed by atoms with van der Waals surface area (Å²) in [6, 6.07) is 5.57. The molecule has 1 N–H and O–H groups in total. The van der Waals surface area contributed by atoms with Crippen LogP contribution in [-0.2, 0) is 14.3 Å².